The van der Waals surface area contributed by atoms with Crippen LogP contribution in [0.25, 0.3) is 149 Å². The average molecular weight is 1370 g/mol. The molecule has 0 unspecified atom stereocenters. The van der Waals surface area contributed by atoms with E-state index < -0.39 is 6.71 Å². The summed E-state index contributed by atoms with van der Waals surface area (Å²) in [6, 6.07) is 150. The van der Waals surface area contributed by atoms with Crippen molar-refractivity contribution >= 4 is 123 Å². The second-order valence-corrected chi connectivity index (χ2v) is 28.6. The number of hydrogen-bond donors (Lipinski definition) is 0. The SMILES string of the molecule is c1ccc(-c2cc3c(cc2-n2c4ccccc4c4ccccc42)N(c2c(-c4ccccc4)cccc2-c2ccccc2)c2cc(-n4c5ccccc5c5ccccc54)cc4c2B3c2cc(-c3ccccc3)c(-n3c5ccccc5c5ccccc53)cc2N4c2c(-c3ccccc3)cccc2-c2ccccc2)cc1. The molecule has 5 nitrogen and oxygen atoms in total. The summed E-state index contributed by atoms with van der Waals surface area (Å²) in [4.78, 5) is 5.43. The normalized spacial score (nSPS) is 12.4. The fourth-order valence-electron chi connectivity index (χ4n) is 18.3. The lowest BCUT2D eigenvalue weighted by Crippen LogP contribution is -2.61. The van der Waals surface area contributed by atoms with Gasteiger partial charge in [0.2, 0.25) is 0 Å². The molecule has 0 saturated carbocycles. The van der Waals surface area contributed by atoms with Crippen molar-refractivity contribution in [2.24, 2.45) is 0 Å². The number of nitrogens with zero attached hydrogens (tertiary/aromatic N) is 5. The number of benzene rings is 17. The zero-order chi connectivity index (χ0) is 70.9. The number of aromatic nitrogens is 3. The van der Waals surface area contributed by atoms with Crippen LogP contribution in [-0.2, 0) is 0 Å². The van der Waals surface area contributed by atoms with Crippen LogP contribution in [-0.4, -0.2) is 20.4 Å². The molecule has 108 heavy (non-hydrogen) atoms. The fraction of sp³-hybridized carbons (Fsp3) is 0. The highest BCUT2D eigenvalue weighted by molar-refractivity contribution is 7.00. The lowest BCUT2D eigenvalue weighted by atomic mass is 9.33. The molecule has 20 aromatic rings. The Labute approximate surface area is 626 Å². The first-order valence-electron chi connectivity index (χ1n) is 37.4. The third kappa shape index (κ3) is 9.40. The largest absolute Gasteiger partial charge is 0.310 e. The smallest absolute Gasteiger partial charge is 0.252 e. The molecule has 3 aromatic heterocycles. The van der Waals surface area contributed by atoms with Crippen molar-refractivity contribution in [3.63, 3.8) is 0 Å². The first-order chi connectivity index (χ1) is 53.7. The van der Waals surface area contributed by atoms with E-state index in [1.807, 2.05) is 0 Å². The molecular formula is C102H66BN5. The Bertz CT molecular complexity index is 6350. The third-order valence-electron chi connectivity index (χ3n) is 22.8. The summed E-state index contributed by atoms with van der Waals surface area (Å²) in [5, 5.41) is 7.19. The molecule has 502 valence electrons. The minimum Gasteiger partial charge on any atom is -0.310 e. The van der Waals surface area contributed by atoms with Crippen molar-refractivity contribution < 1.29 is 0 Å². The number of para-hydroxylation sites is 8. The van der Waals surface area contributed by atoms with E-state index in [-0.39, 0.29) is 0 Å². The molecular weight excluding hydrogens is 1310 g/mol. The molecule has 0 spiro atoms. The molecule has 2 aliphatic heterocycles. The van der Waals surface area contributed by atoms with Gasteiger partial charge in [0, 0.05) is 88.4 Å². The Balaban J connectivity index is 0.988. The van der Waals surface area contributed by atoms with E-state index in [1.54, 1.807) is 0 Å². The summed E-state index contributed by atoms with van der Waals surface area (Å²) < 4.78 is 7.65. The minimum atomic E-state index is -0.392. The first kappa shape index (κ1) is 61.3. The van der Waals surface area contributed by atoms with Gasteiger partial charge in [-0.3, -0.25) is 0 Å². The molecule has 0 N–H and O–H groups in total. The van der Waals surface area contributed by atoms with Crippen LogP contribution >= 0.6 is 0 Å². The van der Waals surface area contributed by atoms with Gasteiger partial charge in [0.1, 0.15) is 0 Å². The van der Waals surface area contributed by atoms with Crippen LogP contribution in [0, 0.1) is 0 Å². The van der Waals surface area contributed by atoms with Crippen molar-refractivity contribution in [1.82, 2.24) is 13.7 Å². The van der Waals surface area contributed by atoms with Gasteiger partial charge in [0.25, 0.3) is 6.71 Å². The standard InChI is InChI=1S/C102H66BN5/c1-7-33-67(34-8-1)74-51-31-52-75(68-35-9-2-10-36-68)101(74)107-96-65-94(105-90-57-27-21-47-80(90)81-48-22-28-58-91(81)105)84(71-41-15-5-16-42-71)63-86(96)103-87-64-85(72-43-17-6-18-44-72)95(106-92-59-29-23-49-82(92)83-50-24-30-60-93(83)106)66-97(87)108(102-76(69-37-11-3-12-38-69)53-32-54-77(102)70-39-13-4-14-40-70)99-62-73(61-98(107)100(99)103)104-88-55-25-19-45-78(88)79-46-20-26-56-89(79)104/h1-66H. The maximum absolute atomic E-state index is 2.72. The molecule has 0 atom stereocenters. The van der Waals surface area contributed by atoms with Crippen LogP contribution < -0.4 is 26.2 Å². The molecule has 0 saturated heterocycles. The Morgan fingerprint density at radius 3 is 0.694 bits per heavy atom. The van der Waals surface area contributed by atoms with Crippen molar-refractivity contribution in [1.29, 1.82) is 0 Å². The van der Waals surface area contributed by atoms with E-state index in [4.69, 9.17) is 0 Å². The number of anilines is 6. The van der Waals surface area contributed by atoms with Gasteiger partial charge in [0.05, 0.1) is 61.5 Å². The van der Waals surface area contributed by atoms with Gasteiger partial charge < -0.3 is 23.5 Å². The molecule has 0 amide bonds. The van der Waals surface area contributed by atoms with E-state index in [0.717, 1.165) is 151 Å². The van der Waals surface area contributed by atoms with Gasteiger partial charge in [-0.1, -0.05) is 340 Å². The zero-order valence-electron chi connectivity index (χ0n) is 58.9. The highest BCUT2D eigenvalue weighted by atomic mass is 15.2. The predicted molar refractivity (Wildman–Crippen MR) is 456 cm³/mol. The number of rotatable bonds is 11. The number of fused-ring (bicyclic) bond motifs is 13. The summed E-state index contributed by atoms with van der Waals surface area (Å²) in [5.41, 5.74) is 33.4. The average Bonchev–Trinajstić information content (AvgIpc) is 0.831. The Morgan fingerprint density at radius 2 is 0.417 bits per heavy atom. The molecule has 0 aliphatic carbocycles. The molecule has 22 rings (SSSR count). The molecule has 0 fully saturated rings. The van der Waals surface area contributed by atoms with Crippen molar-refractivity contribution in [2.75, 3.05) is 9.80 Å². The van der Waals surface area contributed by atoms with Gasteiger partial charge in [-0.15, -0.1) is 0 Å². The molecule has 6 heteroatoms. The van der Waals surface area contributed by atoms with Crippen LogP contribution in [0.2, 0.25) is 0 Å². The highest BCUT2D eigenvalue weighted by Gasteiger charge is 2.47. The topological polar surface area (TPSA) is 21.3 Å². The van der Waals surface area contributed by atoms with E-state index in [9.17, 15) is 0 Å². The Morgan fingerprint density at radius 1 is 0.176 bits per heavy atom. The van der Waals surface area contributed by atoms with E-state index in [0.29, 0.717) is 0 Å². The summed E-state index contributed by atoms with van der Waals surface area (Å²) in [5.74, 6) is 0. The monoisotopic (exact) mass is 1370 g/mol. The maximum atomic E-state index is 2.72. The lowest BCUT2D eigenvalue weighted by Gasteiger charge is -2.46. The van der Waals surface area contributed by atoms with E-state index in [1.165, 1.54) is 48.7 Å². The number of hydrogen-bond acceptors (Lipinski definition) is 2. The van der Waals surface area contributed by atoms with E-state index >= 15 is 0 Å². The summed E-state index contributed by atoms with van der Waals surface area (Å²) in [6.45, 7) is -0.392. The first-order valence-corrected chi connectivity index (χ1v) is 37.4. The van der Waals surface area contributed by atoms with Crippen LogP contribution in [0.3, 0.4) is 0 Å². The van der Waals surface area contributed by atoms with Crippen LogP contribution in [0.1, 0.15) is 0 Å². The maximum Gasteiger partial charge on any atom is 0.252 e. The van der Waals surface area contributed by atoms with Crippen molar-refractivity contribution in [3.8, 4) is 83.8 Å². The van der Waals surface area contributed by atoms with Crippen molar-refractivity contribution in [3.05, 3.63) is 400 Å². The van der Waals surface area contributed by atoms with Crippen molar-refractivity contribution in [2.45, 2.75) is 0 Å². The Hall–Kier alpha value is -14.2. The van der Waals surface area contributed by atoms with Gasteiger partial charge in [-0.2, -0.15) is 0 Å². The molecule has 0 bridgehead atoms. The van der Waals surface area contributed by atoms with Gasteiger partial charge in [-0.25, -0.2) is 0 Å². The predicted octanol–water partition coefficient (Wildman–Crippen LogP) is 25.1. The molecule has 5 heterocycles. The van der Waals surface area contributed by atoms with Crippen LogP contribution in [0.5, 0.6) is 0 Å². The highest BCUT2D eigenvalue weighted by Crippen LogP contribution is 2.56. The zero-order valence-corrected chi connectivity index (χ0v) is 58.9. The summed E-state index contributed by atoms with van der Waals surface area (Å²) in [6.07, 6.45) is 0. The second-order valence-electron chi connectivity index (χ2n) is 28.6. The Kier molecular flexibility index (Phi) is 14.0. The van der Waals surface area contributed by atoms with Crippen LogP contribution in [0.4, 0.5) is 34.1 Å². The van der Waals surface area contributed by atoms with E-state index in [2.05, 4.69) is 424 Å². The molecule has 2 aliphatic rings. The lowest BCUT2D eigenvalue weighted by molar-refractivity contribution is 1.15. The summed E-state index contributed by atoms with van der Waals surface area (Å²) >= 11 is 0. The van der Waals surface area contributed by atoms with Gasteiger partial charge >= 0.3 is 0 Å². The minimum absolute atomic E-state index is 0.392. The molecule has 0 radical (unpaired) electrons. The fourth-order valence-corrected chi connectivity index (χ4v) is 18.3. The quantitative estimate of drug-likeness (QED) is 0.120. The second kappa shape index (κ2) is 24.7. The van der Waals surface area contributed by atoms with Gasteiger partial charge in [-0.05, 0) is 110 Å². The van der Waals surface area contributed by atoms with Crippen LogP contribution in [0.15, 0.2) is 400 Å². The van der Waals surface area contributed by atoms with Gasteiger partial charge in [0.15, 0.2) is 0 Å². The summed E-state index contributed by atoms with van der Waals surface area (Å²) in [7, 11) is 0. The third-order valence-corrected chi connectivity index (χ3v) is 22.8. The molecule has 17 aromatic carbocycles.